The van der Waals surface area contributed by atoms with E-state index in [1.54, 1.807) is 7.11 Å². The summed E-state index contributed by atoms with van der Waals surface area (Å²) in [5.74, 6) is 1.92. The van der Waals surface area contributed by atoms with Crippen molar-refractivity contribution in [3.05, 3.63) is 41.7 Å². The molecule has 2 aromatic rings. The Morgan fingerprint density at radius 1 is 1.14 bits per heavy atom. The number of ether oxygens (including phenoxy) is 1. The Labute approximate surface area is 174 Å². The summed E-state index contributed by atoms with van der Waals surface area (Å²) in [6.45, 7) is 12.8. The molecule has 0 saturated carbocycles. The quantitative estimate of drug-likeness (QED) is 0.441. The maximum Gasteiger partial charge on any atom is 0.194 e. The third kappa shape index (κ3) is 5.65. The molecule has 29 heavy (non-hydrogen) atoms. The first-order valence-corrected chi connectivity index (χ1v) is 10.5. The van der Waals surface area contributed by atoms with Crippen LogP contribution in [0, 0.1) is 13.8 Å². The van der Waals surface area contributed by atoms with Gasteiger partial charge in [0.05, 0.1) is 12.8 Å². The fraction of sp³-hybridized carbons (Fsp3) is 0.545. The molecule has 0 radical (unpaired) electrons. The number of nitrogens with one attached hydrogen (secondary N) is 1. The minimum Gasteiger partial charge on any atom is -0.497 e. The van der Waals surface area contributed by atoms with Crippen molar-refractivity contribution < 1.29 is 4.74 Å². The van der Waals surface area contributed by atoms with Crippen LogP contribution in [0.4, 0.5) is 5.69 Å². The fourth-order valence-corrected chi connectivity index (χ4v) is 3.70. The third-order valence-electron chi connectivity index (χ3n) is 5.24. The molecule has 3 rings (SSSR count). The summed E-state index contributed by atoms with van der Waals surface area (Å²) in [5, 5.41) is 7.98. The lowest BCUT2D eigenvalue weighted by atomic mass is 10.2. The van der Waals surface area contributed by atoms with Crippen LogP contribution in [0.1, 0.15) is 24.7 Å². The second kappa shape index (κ2) is 10.2. The molecule has 0 aliphatic carbocycles. The Kier molecular flexibility index (Phi) is 7.38. The van der Waals surface area contributed by atoms with Gasteiger partial charge in [-0.1, -0.05) is 0 Å². The van der Waals surface area contributed by atoms with E-state index >= 15 is 0 Å². The van der Waals surface area contributed by atoms with Crippen LogP contribution >= 0.6 is 0 Å². The van der Waals surface area contributed by atoms with Crippen molar-refractivity contribution in [1.29, 1.82) is 0 Å². The molecule has 1 aliphatic heterocycles. The highest BCUT2D eigenvalue weighted by atomic mass is 16.5. The van der Waals surface area contributed by atoms with Gasteiger partial charge in [-0.15, -0.1) is 0 Å². The van der Waals surface area contributed by atoms with Crippen LogP contribution in [0.25, 0.3) is 0 Å². The molecule has 0 atom stereocenters. The highest BCUT2D eigenvalue weighted by molar-refractivity contribution is 5.80. The molecule has 1 aromatic carbocycles. The van der Waals surface area contributed by atoms with E-state index in [1.807, 2.05) is 19.1 Å². The Morgan fingerprint density at radius 3 is 2.45 bits per heavy atom. The summed E-state index contributed by atoms with van der Waals surface area (Å²) >= 11 is 0. The van der Waals surface area contributed by atoms with Crippen molar-refractivity contribution in [3.63, 3.8) is 0 Å². The maximum atomic E-state index is 5.26. The number of aromatic nitrogens is 2. The van der Waals surface area contributed by atoms with Gasteiger partial charge in [-0.3, -0.25) is 9.67 Å². The number of nitrogens with zero attached hydrogens (tertiary/aromatic N) is 5. The Hall–Kier alpha value is -2.70. The normalized spacial score (nSPS) is 15.0. The molecule has 1 aromatic heterocycles. The summed E-state index contributed by atoms with van der Waals surface area (Å²) in [5.41, 5.74) is 3.54. The first-order chi connectivity index (χ1) is 14.1. The number of hydrogen-bond donors (Lipinski definition) is 1. The number of benzene rings is 1. The largest absolute Gasteiger partial charge is 0.497 e. The number of methoxy groups -OCH3 is 1. The van der Waals surface area contributed by atoms with Crippen LogP contribution in [0.5, 0.6) is 5.75 Å². The number of anilines is 1. The minimum absolute atomic E-state index is 0.805. The first-order valence-electron chi connectivity index (χ1n) is 10.5. The van der Waals surface area contributed by atoms with Crippen LogP contribution in [0.2, 0.25) is 0 Å². The standard InChI is InChI=1S/C22H34N6O/c1-5-23-22(24-11-6-12-28-19(3)17-18(2)25-28)27-15-13-26(14-16-27)20-7-9-21(29-4)10-8-20/h7-10,17H,5-6,11-16H2,1-4H3,(H,23,24). The number of aliphatic imine (C=N–C) groups is 1. The molecule has 7 nitrogen and oxygen atoms in total. The number of piperazine rings is 1. The third-order valence-corrected chi connectivity index (χ3v) is 5.24. The van der Waals surface area contributed by atoms with E-state index in [2.05, 4.69) is 56.9 Å². The molecule has 1 fully saturated rings. The van der Waals surface area contributed by atoms with Gasteiger partial charge in [-0.25, -0.2) is 0 Å². The van der Waals surface area contributed by atoms with Crippen molar-refractivity contribution in [3.8, 4) is 5.75 Å². The zero-order valence-corrected chi connectivity index (χ0v) is 18.2. The van der Waals surface area contributed by atoms with Crippen molar-refractivity contribution in [2.24, 2.45) is 4.99 Å². The summed E-state index contributed by atoms with van der Waals surface area (Å²) in [6.07, 6.45) is 0.989. The number of hydrogen-bond acceptors (Lipinski definition) is 4. The van der Waals surface area contributed by atoms with Gasteiger partial charge in [0, 0.05) is 57.2 Å². The van der Waals surface area contributed by atoms with E-state index in [1.165, 1.54) is 11.4 Å². The van der Waals surface area contributed by atoms with Gasteiger partial charge in [0.25, 0.3) is 0 Å². The van der Waals surface area contributed by atoms with Gasteiger partial charge in [-0.2, -0.15) is 5.10 Å². The number of rotatable bonds is 7. The van der Waals surface area contributed by atoms with Gasteiger partial charge < -0.3 is 19.9 Å². The summed E-state index contributed by atoms with van der Waals surface area (Å²) in [4.78, 5) is 9.65. The van der Waals surface area contributed by atoms with Gasteiger partial charge in [0.2, 0.25) is 0 Å². The van der Waals surface area contributed by atoms with Crippen molar-refractivity contribution in [1.82, 2.24) is 20.0 Å². The molecule has 7 heteroatoms. The summed E-state index contributed by atoms with van der Waals surface area (Å²) in [6, 6.07) is 10.4. The van der Waals surface area contributed by atoms with E-state index in [0.717, 1.165) is 69.6 Å². The molecule has 0 amide bonds. The highest BCUT2D eigenvalue weighted by Gasteiger charge is 2.19. The Morgan fingerprint density at radius 2 is 1.86 bits per heavy atom. The van der Waals surface area contributed by atoms with Crippen LogP contribution in [0.15, 0.2) is 35.3 Å². The van der Waals surface area contributed by atoms with E-state index in [-0.39, 0.29) is 0 Å². The lowest BCUT2D eigenvalue weighted by Crippen LogP contribution is -2.52. The van der Waals surface area contributed by atoms with Crippen molar-refractivity contribution in [2.75, 3.05) is 51.3 Å². The number of guanidine groups is 1. The van der Waals surface area contributed by atoms with E-state index in [4.69, 9.17) is 9.73 Å². The fourth-order valence-electron chi connectivity index (χ4n) is 3.70. The Bertz CT molecular complexity index is 790. The van der Waals surface area contributed by atoms with Crippen molar-refractivity contribution >= 4 is 11.6 Å². The van der Waals surface area contributed by atoms with Crippen LogP contribution in [0.3, 0.4) is 0 Å². The summed E-state index contributed by atoms with van der Waals surface area (Å²) in [7, 11) is 1.70. The van der Waals surface area contributed by atoms with Crippen molar-refractivity contribution in [2.45, 2.75) is 33.7 Å². The Balaban J connectivity index is 1.51. The molecule has 0 spiro atoms. The monoisotopic (exact) mass is 398 g/mol. The van der Waals surface area contributed by atoms with E-state index < -0.39 is 0 Å². The molecule has 1 saturated heterocycles. The zero-order valence-electron chi connectivity index (χ0n) is 18.2. The minimum atomic E-state index is 0.805. The second-order valence-electron chi connectivity index (χ2n) is 7.41. The van der Waals surface area contributed by atoms with E-state index in [9.17, 15) is 0 Å². The van der Waals surface area contributed by atoms with E-state index in [0.29, 0.717) is 0 Å². The smallest absolute Gasteiger partial charge is 0.194 e. The molecule has 1 aliphatic rings. The topological polar surface area (TPSA) is 57.9 Å². The van der Waals surface area contributed by atoms with Gasteiger partial charge in [0.15, 0.2) is 5.96 Å². The number of aryl methyl sites for hydroxylation is 3. The predicted molar refractivity (Wildman–Crippen MR) is 119 cm³/mol. The highest BCUT2D eigenvalue weighted by Crippen LogP contribution is 2.20. The average Bonchev–Trinajstić information content (AvgIpc) is 3.07. The summed E-state index contributed by atoms with van der Waals surface area (Å²) < 4.78 is 7.33. The first kappa shape index (κ1) is 21.0. The molecule has 0 unspecified atom stereocenters. The van der Waals surface area contributed by atoms with Crippen LogP contribution in [-0.2, 0) is 6.54 Å². The predicted octanol–water partition coefficient (Wildman–Crippen LogP) is 2.69. The van der Waals surface area contributed by atoms with Gasteiger partial charge >= 0.3 is 0 Å². The molecule has 2 heterocycles. The van der Waals surface area contributed by atoms with Crippen LogP contribution < -0.4 is 15.0 Å². The second-order valence-corrected chi connectivity index (χ2v) is 7.41. The molecule has 1 N–H and O–H groups in total. The van der Waals surface area contributed by atoms with Crippen LogP contribution in [-0.4, -0.2) is 67.0 Å². The molecule has 158 valence electrons. The lowest BCUT2D eigenvalue weighted by molar-refractivity contribution is 0.372. The molecular formula is C22H34N6O. The lowest BCUT2D eigenvalue weighted by Gasteiger charge is -2.37. The van der Waals surface area contributed by atoms with Gasteiger partial charge in [-0.05, 0) is 57.5 Å². The molecular weight excluding hydrogens is 364 g/mol. The van der Waals surface area contributed by atoms with Gasteiger partial charge in [0.1, 0.15) is 5.75 Å². The average molecular weight is 399 g/mol. The maximum absolute atomic E-state index is 5.26. The SMILES string of the molecule is CCNC(=NCCCn1nc(C)cc1C)N1CCN(c2ccc(OC)cc2)CC1. The molecule has 0 bridgehead atoms. The zero-order chi connectivity index (χ0) is 20.6.